The van der Waals surface area contributed by atoms with Crippen molar-refractivity contribution in [2.75, 3.05) is 0 Å². The second kappa shape index (κ2) is 9.27. The highest BCUT2D eigenvalue weighted by molar-refractivity contribution is 5.81. The average Bonchev–Trinajstić information content (AvgIpc) is 1.65. The molecule has 0 heterocycles. The Hall–Kier alpha value is -1.17. The molecule has 0 amide bonds. The number of carbonyl (C=O) groups excluding carboxylic acids is 3. The summed E-state index contributed by atoms with van der Waals surface area (Å²) in [6.07, 6.45) is 0. The first kappa shape index (κ1) is 9.95. The van der Waals surface area contributed by atoms with E-state index in [1.54, 1.807) is 0 Å². The van der Waals surface area contributed by atoms with E-state index in [-0.39, 0.29) is 5.78 Å². The van der Waals surface area contributed by atoms with Gasteiger partial charge in [0, 0.05) is 0 Å². The van der Waals surface area contributed by atoms with Crippen LogP contribution in [0.15, 0.2) is 0 Å². The Morgan fingerprint density at radius 3 is 1.25 bits per heavy atom. The van der Waals surface area contributed by atoms with Crippen molar-refractivity contribution in [2.45, 2.75) is 13.8 Å². The molecule has 0 aliphatic carbocycles. The second-order valence-electron chi connectivity index (χ2n) is 1.11. The van der Waals surface area contributed by atoms with E-state index in [4.69, 9.17) is 9.59 Å². The van der Waals surface area contributed by atoms with E-state index >= 15 is 0 Å². The van der Waals surface area contributed by atoms with Gasteiger partial charge in [-0.1, -0.05) is 0 Å². The molecule has 0 saturated carbocycles. The number of Topliss-reactive ketones (excluding diaryl/α,β-unsaturated/α-hetero) is 1. The monoisotopic (exact) mass is 113 g/mol. The number of ketones is 1. The summed E-state index contributed by atoms with van der Waals surface area (Å²) in [5.41, 5.74) is 0. The molecule has 3 heteroatoms. The van der Waals surface area contributed by atoms with Gasteiger partial charge in [-0.05, 0) is 13.8 Å². The smallest absolute Gasteiger partial charge is 0.221 e. The van der Waals surface area contributed by atoms with Gasteiger partial charge in [0.25, 0.3) is 0 Å². The molecule has 0 bridgehead atoms. The topological polar surface area (TPSA) is 51.2 Å². The van der Waals surface area contributed by atoms with Gasteiger partial charge in [0.05, 0.1) is 0 Å². The van der Waals surface area contributed by atoms with Gasteiger partial charge in [0.15, 0.2) is 0 Å². The van der Waals surface area contributed by atoms with Crippen LogP contribution in [0.2, 0.25) is 0 Å². The van der Waals surface area contributed by atoms with Crippen LogP contribution in [-0.2, 0) is 14.4 Å². The molecular weight excluding hydrogens is 107 g/mol. The van der Waals surface area contributed by atoms with Crippen molar-refractivity contribution < 1.29 is 14.4 Å². The lowest BCUT2D eigenvalue weighted by molar-refractivity contribution is -0.114. The quantitative estimate of drug-likeness (QED) is 0.409. The average molecular weight is 113 g/mol. The van der Waals surface area contributed by atoms with Crippen molar-refractivity contribution in [2.24, 2.45) is 0 Å². The van der Waals surface area contributed by atoms with E-state index in [1.165, 1.54) is 13.8 Å². The van der Waals surface area contributed by atoms with Crippen molar-refractivity contribution in [1.29, 1.82) is 0 Å². The Morgan fingerprint density at radius 2 is 1.25 bits per heavy atom. The van der Waals surface area contributed by atoms with Crippen LogP contribution >= 0.6 is 0 Å². The highest BCUT2D eigenvalue weighted by atomic mass is 16.1. The maximum absolute atomic E-state index is 9.44. The summed E-state index contributed by atoms with van der Waals surface area (Å²) in [5, 5.41) is 0. The molecule has 0 N–H and O–H groups in total. The van der Waals surface area contributed by atoms with E-state index in [1.807, 2.05) is 0 Å². The van der Waals surface area contributed by atoms with Crippen LogP contribution in [0, 0.1) is 0 Å². The van der Waals surface area contributed by atoms with Crippen LogP contribution in [0.25, 0.3) is 0 Å². The first-order valence-corrected chi connectivity index (χ1v) is 1.86. The number of hydrogen-bond acceptors (Lipinski definition) is 3. The molecule has 8 heavy (non-hydrogen) atoms. The lowest BCUT2D eigenvalue weighted by Gasteiger charge is -1.56. The van der Waals surface area contributed by atoms with E-state index in [0.717, 1.165) is 11.9 Å². The highest BCUT2D eigenvalue weighted by Crippen LogP contribution is 1.50. The summed E-state index contributed by atoms with van der Waals surface area (Å²) in [6.45, 7) is 3.06. The Bertz CT molecular complexity index is 113. The van der Waals surface area contributed by atoms with Gasteiger partial charge in [-0.25, -0.2) is 9.59 Å². The molecule has 0 saturated heterocycles. The van der Waals surface area contributed by atoms with Crippen LogP contribution in [0.5, 0.6) is 0 Å². The van der Waals surface area contributed by atoms with Crippen LogP contribution in [0.4, 0.5) is 0 Å². The van der Waals surface area contributed by atoms with Gasteiger partial charge in [-0.15, -0.1) is 0 Å². The fourth-order valence-electron chi connectivity index (χ4n) is 0. The van der Waals surface area contributed by atoms with Gasteiger partial charge < -0.3 is 4.79 Å². The van der Waals surface area contributed by atoms with Crippen molar-refractivity contribution in [3.8, 4) is 0 Å². The number of carbonyl (C=O) groups is 1. The van der Waals surface area contributed by atoms with Crippen LogP contribution < -0.4 is 0 Å². The van der Waals surface area contributed by atoms with Gasteiger partial charge in [-0.2, -0.15) is 0 Å². The molecule has 0 aliphatic heterocycles. The first-order chi connectivity index (χ1) is 3.65. The standard InChI is InChI=1S/C3H6O.C2O2/c1-3(2)4;3-1-2-4/h1-2H3;/i;1-1. The van der Waals surface area contributed by atoms with Crippen molar-refractivity contribution >= 4 is 17.7 Å². The molecule has 3 nitrogen and oxygen atoms in total. The number of hydrogen-bond donors (Lipinski definition) is 0. The van der Waals surface area contributed by atoms with E-state index in [9.17, 15) is 4.79 Å². The van der Waals surface area contributed by atoms with Crippen molar-refractivity contribution in [3.05, 3.63) is 0 Å². The summed E-state index contributed by atoms with van der Waals surface area (Å²) in [7, 11) is 0. The SMILES string of the molecule is CC(C)=O.O=C=[11C]=O. The van der Waals surface area contributed by atoms with Crippen LogP contribution in [0.3, 0.4) is 0 Å². The zero-order valence-electron chi connectivity index (χ0n) is 4.72. The fourth-order valence-corrected chi connectivity index (χ4v) is 0. The number of rotatable bonds is 0. The molecular formula is C5H6O3. The highest BCUT2D eigenvalue weighted by Gasteiger charge is 1.62. The molecule has 0 radical (unpaired) electrons. The normalized spacial score (nSPS) is 4.75. The van der Waals surface area contributed by atoms with Gasteiger partial charge in [0.2, 0.25) is 11.9 Å². The van der Waals surface area contributed by atoms with Crippen molar-refractivity contribution in [1.82, 2.24) is 0 Å². The van der Waals surface area contributed by atoms with E-state index in [0.29, 0.717) is 0 Å². The third kappa shape index (κ3) is 2450. The minimum Gasteiger partial charge on any atom is -0.300 e. The maximum atomic E-state index is 9.44. The zero-order chi connectivity index (χ0) is 6.99. The molecule has 0 aliphatic rings. The molecule has 0 aromatic rings. The third-order valence-electron chi connectivity index (χ3n) is 0.0417. The molecule has 0 aromatic heterocycles. The van der Waals surface area contributed by atoms with E-state index < -0.39 is 0 Å². The molecule has 0 aromatic carbocycles. The van der Waals surface area contributed by atoms with Gasteiger partial charge in [-0.3, -0.25) is 0 Å². The Labute approximate surface area is 47.0 Å². The van der Waals surface area contributed by atoms with Gasteiger partial charge >= 0.3 is 0 Å². The summed E-state index contributed by atoms with van der Waals surface area (Å²) in [4.78, 5) is 26.7. The lowest BCUT2D eigenvalue weighted by atomic mass is 10.6. The molecule has 44 valence electrons. The minimum absolute atomic E-state index is 0.167. The van der Waals surface area contributed by atoms with Gasteiger partial charge in [0.1, 0.15) is 5.78 Å². The predicted molar refractivity (Wildman–Crippen MR) is 27.7 cm³/mol. The zero-order valence-corrected chi connectivity index (χ0v) is 4.72. The van der Waals surface area contributed by atoms with Crippen LogP contribution in [0.1, 0.15) is 13.8 Å². The lowest BCUT2D eigenvalue weighted by Crippen LogP contribution is -1.69. The molecule has 0 atom stereocenters. The van der Waals surface area contributed by atoms with Crippen molar-refractivity contribution in [3.63, 3.8) is 0 Å². The Balaban J connectivity index is 0. The summed E-state index contributed by atoms with van der Waals surface area (Å²) < 4.78 is 0. The van der Waals surface area contributed by atoms with E-state index in [2.05, 4.69) is 0 Å². The summed E-state index contributed by atoms with van der Waals surface area (Å²) >= 11 is 0. The maximum Gasteiger partial charge on any atom is 0.221 e. The third-order valence-corrected chi connectivity index (χ3v) is 0.0417. The van der Waals surface area contributed by atoms with Crippen LogP contribution in [-0.4, -0.2) is 17.7 Å². The largest absolute Gasteiger partial charge is 0.300 e. The predicted octanol–water partition coefficient (Wildman–Crippen LogP) is -0.199. The molecule has 0 rings (SSSR count). The summed E-state index contributed by atoms with van der Waals surface area (Å²) in [5.74, 6) is 1.92. The Morgan fingerprint density at radius 1 is 1.12 bits per heavy atom. The molecule has 0 unspecified atom stereocenters. The molecule has 0 fully saturated rings. The first-order valence-electron chi connectivity index (χ1n) is 1.86. The fraction of sp³-hybridized carbons (Fsp3) is 0.400. The molecule has 0 spiro atoms. The second-order valence-corrected chi connectivity index (χ2v) is 1.11. The summed E-state index contributed by atoms with van der Waals surface area (Å²) in [6, 6.07) is 0. The Kier molecular flexibility index (Phi) is 11.5. The minimum atomic E-state index is 0.167.